The van der Waals surface area contributed by atoms with Crippen LogP contribution in [0.25, 0.3) is 6.08 Å². The quantitative estimate of drug-likeness (QED) is 0.526. The molecule has 2 amide bonds. The molecular weight excluding hydrogens is 461 g/mol. The molecule has 7 heteroatoms. The number of hydrogen-bond acceptors (Lipinski definition) is 4. The Morgan fingerprint density at radius 3 is 2.66 bits per heavy atom. The lowest BCUT2D eigenvalue weighted by Crippen LogP contribution is -2.54. The second-order valence-corrected chi connectivity index (χ2v) is 10.6. The molecule has 1 saturated heterocycles. The molecule has 35 heavy (non-hydrogen) atoms. The molecule has 0 bridgehead atoms. The average molecular weight is 496 g/mol. The zero-order chi connectivity index (χ0) is 24.6. The summed E-state index contributed by atoms with van der Waals surface area (Å²) < 4.78 is 14.2. The van der Waals surface area contributed by atoms with Gasteiger partial charge in [-0.25, -0.2) is 4.39 Å². The summed E-state index contributed by atoms with van der Waals surface area (Å²) in [5, 5.41) is 3.23. The van der Waals surface area contributed by atoms with Gasteiger partial charge in [0.2, 0.25) is 5.91 Å². The molecule has 1 heterocycles. The summed E-state index contributed by atoms with van der Waals surface area (Å²) >= 11 is 1.55. The van der Waals surface area contributed by atoms with Crippen molar-refractivity contribution in [1.82, 2.24) is 15.1 Å². The number of carbonyl (C=O) groups is 2. The fourth-order valence-corrected chi connectivity index (χ4v) is 6.23. The van der Waals surface area contributed by atoms with Crippen molar-refractivity contribution in [3.63, 3.8) is 0 Å². The molecule has 186 valence electrons. The van der Waals surface area contributed by atoms with Crippen LogP contribution in [0.4, 0.5) is 4.39 Å². The van der Waals surface area contributed by atoms with Crippen molar-refractivity contribution in [2.45, 2.75) is 43.4 Å². The van der Waals surface area contributed by atoms with Crippen LogP contribution >= 0.6 is 11.8 Å². The number of carbonyl (C=O) groups excluding carboxylic acids is 2. The van der Waals surface area contributed by atoms with Crippen molar-refractivity contribution in [1.29, 1.82) is 0 Å². The number of halogens is 1. The van der Waals surface area contributed by atoms with Gasteiger partial charge >= 0.3 is 0 Å². The van der Waals surface area contributed by atoms with Crippen LogP contribution in [0.5, 0.6) is 0 Å². The first-order valence-corrected chi connectivity index (χ1v) is 13.3. The highest BCUT2D eigenvalue weighted by molar-refractivity contribution is 8.04. The summed E-state index contributed by atoms with van der Waals surface area (Å²) in [6.07, 6.45) is 6.69. The third-order valence-corrected chi connectivity index (χ3v) is 8.16. The summed E-state index contributed by atoms with van der Waals surface area (Å²) in [5.74, 6) is -0.660. The number of nitrogens with zero attached hydrogens (tertiary/aromatic N) is 2. The zero-order valence-electron chi connectivity index (χ0n) is 20.3. The van der Waals surface area contributed by atoms with Crippen molar-refractivity contribution in [2.75, 3.05) is 33.2 Å². The van der Waals surface area contributed by atoms with Gasteiger partial charge in [-0.2, -0.15) is 0 Å². The first kappa shape index (κ1) is 25.5. The molecule has 2 fully saturated rings. The number of amides is 2. The van der Waals surface area contributed by atoms with Gasteiger partial charge in [-0.05, 0) is 44.0 Å². The van der Waals surface area contributed by atoms with Gasteiger partial charge in [0.15, 0.2) is 0 Å². The number of likely N-dealkylation sites (N-methyl/N-ethyl adjacent to an activating group) is 1. The first-order chi connectivity index (χ1) is 17.0. The lowest BCUT2D eigenvalue weighted by atomic mass is 9.93. The molecule has 2 atom stereocenters. The Hall–Kier alpha value is -2.64. The fraction of sp³-hybridized carbons (Fsp3) is 0.429. The van der Waals surface area contributed by atoms with Crippen molar-refractivity contribution >= 4 is 29.7 Å². The van der Waals surface area contributed by atoms with E-state index in [1.807, 2.05) is 25.2 Å². The van der Waals surface area contributed by atoms with E-state index in [1.54, 1.807) is 40.9 Å². The van der Waals surface area contributed by atoms with E-state index in [0.717, 1.165) is 45.2 Å². The standard InChI is InChI=1S/C28H34FN3O2S/c1-31(17-15-21-9-3-2-4-10-21)18-16-30-27(33)20-32-24-13-7-8-14-25(24)35-26(28(32)34)19-22-11-5-6-12-23(22)29/h2-6,9-12,19,24-25H,7-8,13-18,20H2,1H3,(H,30,33)/b26-19-. The van der Waals surface area contributed by atoms with Crippen LogP contribution < -0.4 is 5.32 Å². The first-order valence-electron chi connectivity index (χ1n) is 12.4. The van der Waals surface area contributed by atoms with E-state index in [1.165, 1.54) is 11.6 Å². The van der Waals surface area contributed by atoms with E-state index >= 15 is 0 Å². The van der Waals surface area contributed by atoms with Crippen LogP contribution in [-0.4, -0.2) is 66.1 Å². The molecular formula is C28H34FN3O2S. The van der Waals surface area contributed by atoms with Crippen LogP contribution in [0.2, 0.25) is 0 Å². The maximum Gasteiger partial charge on any atom is 0.261 e. The third-order valence-electron chi connectivity index (χ3n) is 6.76. The number of fused-ring (bicyclic) bond motifs is 1. The second kappa shape index (κ2) is 12.4. The minimum absolute atomic E-state index is 0.0445. The Balaban J connectivity index is 1.33. The molecule has 0 radical (unpaired) electrons. The summed E-state index contributed by atoms with van der Waals surface area (Å²) in [5.41, 5.74) is 1.70. The summed E-state index contributed by atoms with van der Waals surface area (Å²) in [4.78, 5) is 30.6. The minimum Gasteiger partial charge on any atom is -0.353 e. The molecule has 1 N–H and O–H groups in total. The maximum absolute atomic E-state index is 14.2. The monoisotopic (exact) mass is 495 g/mol. The number of benzene rings is 2. The Morgan fingerprint density at radius 2 is 1.86 bits per heavy atom. The zero-order valence-corrected chi connectivity index (χ0v) is 21.1. The molecule has 1 aliphatic heterocycles. The molecule has 2 aromatic carbocycles. The summed E-state index contributed by atoms with van der Waals surface area (Å²) in [7, 11) is 2.05. The van der Waals surface area contributed by atoms with Gasteiger partial charge in [0.05, 0.1) is 4.91 Å². The van der Waals surface area contributed by atoms with Crippen LogP contribution in [0.3, 0.4) is 0 Å². The number of nitrogens with one attached hydrogen (secondary N) is 1. The smallest absolute Gasteiger partial charge is 0.261 e. The molecule has 1 saturated carbocycles. The number of thioether (sulfide) groups is 1. The van der Waals surface area contributed by atoms with Crippen LogP contribution in [0.1, 0.15) is 36.8 Å². The Bertz CT molecular complexity index is 1050. The van der Waals surface area contributed by atoms with Gasteiger partial charge in [-0.3, -0.25) is 9.59 Å². The summed E-state index contributed by atoms with van der Waals surface area (Å²) in [6, 6.07) is 16.9. The molecule has 2 aromatic rings. The van der Waals surface area contributed by atoms with E-state index in [4.69, 9.17) is 0 Å². The molecule has 0 aromatic heterocycles. The van der Waals surface area contributed by atoms with Gasteiger partial charge in [-0.15, -0.1) is 11.8 Å². The Kier molecular flexibility index (Phi) is 8.99. The maximum atomic E-state index is 14.2. The van der Waals surface area contributed by atoms with Gasteiger partial charge in [-0.1, -0.05) is 61.4 Å². The van der Waals surface area contributed by atoms with Gasteiger partial charge in [0.25, 0.3) is 5.91 Å². The largest absolute Gasteiger partial charge is 0.353 e. The number of rotatable bonds is 9. The Morgan fingerprint density at radius 1 is 1.11 bits per heavy atom. The van der Waals surface area contributed by atoms with Gasteiger partial charge < -0.3 is 15.1 Å². The number of hydrogen-bond donors (Lipinski definition) is 1. The SMILES string of the molecule is CN(CCNC(=O)CN1C(=O)/C(=C/c2ccccc2F)SC2CCCCC21)CCc1ccccc1. The minimum atomic E-state index is -0.347. The lowest BCUT2D eigenvalue weighted by molar-refractivity contribution is -0.135. The average Bonchev–Trinajstić information content (AvgIpc) is 2.87. The molecule has 2 unspecified atom stereocenters. The van der Waals surface area contributed by atoms with Crippen LogP contribution in [-0.2, 0) is 16.0 Å². The van der Waals surface area contributed by atoms with Crippen molar-refractivity contribution < 1.29 is 14.0 Å². The highest BCUT2D eigenvalue weighted by Crippen LogP contribution is 2.42. The van der Waals surface area contributed by atoms with Crippen molar-refractivity contribution in [3.05, 3.63) is 76.4 Å². The van der Waals surface area contributed by atoms with E-state index in [-0.39, 0.29) is 35.5 Å². The highest BCUT2D eigenvalue weighted by atomic mass is 32.2. The highest BCUT2D eigenvalue weighted by Gasteiger charge is 2.41. The summed E-state index contributed by atoms with van der Waals surface area (Å²) in [6.45, 7) is 2.23. The normalized spacial score (nSPS) is 21.3. The van der Waals surface area contributed by atoms with Gasteiger partial charge in [0, 0.05) is 36.5 Å². The topological polar surface area (TPSA) is 52.7 Å². The predicted molar refractivity (Wildman–Crippen MR) is 140 cm³/mol. The van der Waals surface area contributed by atoms with E-state index in [9.17, 15) is 14.0 Å². The van der Waals surface area contributed by atoms with Gasteiger partial charge in [0.1, 0.15) is 12.4 Å². The van der Waals surface area contributed by atoms with Crippen LogP contribution in [0.15, 0.2) is 59.5 Å². The predicted octanol–water partition coefficient (Wildman–Crippen LogP) is 4.34. The third kappa shape index (κ3) is 6.95. The lowest BCUT2D eigenvalue weighted by Gasteiger charge is -2.43. The van der Waals surface area contributed by atoms with E-state index in [0.29, 0.717) is 17.0 Å². The molecule has 1 aliphatic carbocycles. The van der Waals surface area contributed by atoms with E-state index in [2.05, 4.69) is 22.3 Å². The van der Waals surface area contributed by atoms with Crippen molar-refractivity contribution in [3.8, 4) is 0 Å². The second-order valence-electron chi connectivity index (χ2n) is 9.36. The van der Waals surface area contributed by atoms with E-state index < -0.39 is 0 Å². The van der Waals surface area contributed by atoms with Crippen LogP contribution in [0, 0.1) is 5.82 Å². The molecule has 4 rings (SSSR count). The molecule has 0 spiro atoms. The molecule has 2 aliphatic rings. The fourth-order valence-electron chi connectivity index (χ4n) is 4.77. The Labute approximate surface area is 211 Å². The molecule has 5 nitrogen and oxygen atoms in total. The van der Waals surface area contributed by atoms with Crippen molar-refractivity contribution in [2.24, 2.45) is 0 Å².